The molecule has 0 saturated carbocycles. The van der Waals surface area contributed by atoms with E-state index in [4.69, 9.17) is 9.47 Å². The number of hydrogen-bond acceptors (Lipinski definition) is 4. The number of carbonyl (C=O) groups excluding carboxylic acids is 2. The van der Waals surface area contributed by atoms with Crippen LogP contribution in [0, 0.1) is 6.92 Å². The van der Waals surface area contributed by atoms with E-state index in [9.17, 15) is 35.9 Å². The molecule has 0 aromatic heterocycles. The average molecular weight is 649 g/mol. The van der Waals surface area contributed by atoms with Gasteiger partial charge in [0, 0.05) is 22.3 Å². The number of ether oxygens (including phenoxy) is 2. The molecule has 0 unspecified atom stereocenters. The van der Waals surface area contributed by atoms with E-state index < -0.39 is 28.9 Å². The molecule has 0 fully saturated rings. The fraction of sp³-hybridized carbons (Fsp3) is 0.135. The van der Waals surface area contributed by atoms with Gasteiger partial charge in [-0.25, -0.2) is 0 Å². The van der Waals surface area contributed by atoms with Gasteiger partial charge in [0.25, 0.3) is 0 Å². The first-order valence-corrected chi connectivity index (χ1v) is 14.2. The maximum atomic E-state index is 14.4. The van der Waals surface area contributed by atoms with Crippen molar-refractivity contribution >= 4 is 11.6 Å². The Labute approximate surface area is 266 Å². The predicted molar refractivity (Wildman–Crippen MR) is 163 cm³/mol. The van der Waals surface area contributed by atoms with Crippen molar-refractivity contribution in [2.75, 3.05) is 7.11 Å². The molecule has 0 atom stereocenters. The van der Waals surface area contributed by atoms with E-state index in [1.54, 1.807) is 30.3 Å². The summed E-state index contributed by atoms with van der Waals surface area (Å²) in [4.78, 5) is 26.1. The van der Waals surface area contributed by atoms with Crippen LogP contribution in [0.1, 0.15) is 48.5 Å². The zero-order valence-corrected chi connectivity index (χ0v) is 24.9. The Morgan fingerprint density at radius 1 is 0.511 bits per heavy atom. The van der Waals surface area contributed by atoms with Crippen molar-refractivity contribution in [1.29, 1.82) is 0 Å². The van der Waals surface area contributed by atoms with Crippen LogP contribution in [0.4, 0.5) is 26.3 Å². The van der Waals surface area contributed by atoms with Gasteiger partial charge in [-0.3, -0.25) is 9.59 Å². The maximum absolute atomic E-state index is 14.4. The molecule has 5 aromatic rings. The topological polar surface area (TPSA) is 52.6 Å². The molecule has 0 aliphatic carbocycles. The molecule has 4 nitrogen and oxygen atoms in total. The van der Waals surface area contributed by atoms with Crippen LogP contribution in [0.25, 0.3) is 0 Å². The molecule has 0 heterocycles. The van der Waals surface area contributed by atoms with Gasteiger partial charge in [-0.1, -0.05) is 72.3 Å². The largest absolute Gasteiger partial charge is 0.497 e. The van der Waals surface area contributed by atoms with E-state index in [2.05, 4.69) is 0 Å². The summed E-state index contributed by atoms with van der Waals surface area (Å²) in [7, 11) is 1.25. The van der Waals surface area contributed by atoms with Crippen LogP contribution in [0.2, 0.25) is 0 Å². The van der Waals surface area contributed by atoms with Gasteiger partial charge in [0.05, 0.1) is 7.11 Å². The number of methoxy groups -OCH3 is 1. The van der Waals surface area contributed by atoms with Gasteiger partial charge in [0.2, 0.25) is 5.41 Å². The van der Waals surface area contributed by atoms with Crippen LogP contribution < -0.4 is 9.47 Å². The molecule has 0 spiro atoms. The molecular weight excluding hydrogens is 622 g/mol. The van der Waals surface area contributed by atoms with Crippen molar-refractivity contribution in [3.8, 4) is 17.2 Å². The summed E-state index contributed by atoms with van der Waals surface area (Å²) in [6.45, 7) is 1.91. The van der Waals surface area contributed by atoms with Crippen molar-refractivity contribution in [2.45, 2.75) is 24.7 Å². The molecule has 5 rings (SSSR count). The smallest absolute Gasteiger partial charge is 0.411 e. The number of alkyl halides is 6. The van der Waals surface area contributed by atoms with Crippen LogP contribution in [0.5, 0.6) is 17.2 Å². The summed E-state index contributed by atoms with van der Waals surface area (Å²) in [5, 5.41) is 0. The Kier molecular flexibility index (Phi) is 8.98. The van der Waals surface area contributed by atoms with Gasteiger partial charge in [0.15, 0.2) is 11.6 Å². The predicted octanol–water partition coefficient (Wildman–Crippen LogP) is 9.67. The van der Waals surface area contributed by atoms with Gasteiger partial charge < -0.3 is 9.47 Å². The Morgan fingerprint density at radius 3 is 1.30 bits per heavy atom. The second kappa shape index (κ2) is 12.8. The van der Waals surface area contributed by atoms with Gasteiger partial charge in [0.1, 0.15) is 17.2 Å². The molecule has 47 heavy (non-hydrogen) atoms. The van der Waals surface area contributed by atoms with Crippen LogP contribution in [0.15, 0.2) is 121 Å². The highest BCUT2D eigenvalue weighted by Gasteiger charge is 2.72. The molecule has 240 valence electrons. The Balaban J connectivity index is 1.36. The Hall–Kier alpha value is -5.38. The zero-order valence-electron chi connectivity index (χ0n) is 24.9. The summed E-state index contributed by atoms with van der Waals surface area (Å²) in [6.07, 6.45) is -11.5. The second-order valence-corrected chi connectivity index (χ2v) is 10.7. The molecule has 0 aliphatic heterocycles. The lowest BCUT2D eigenvalue weighted by molar-refractivity contribution is -0.288. The first kappa shape index (κ1) is 33.0. The van der Waals surface area contributed by atoms with Gasteiger partial charge in [-0.05, 0) is 72.6 Å². The molecule has 5 aromatic carbocycles. The van der Waals surface area contributed by atoms with E-state index in [-0.39, 0.29) is 39.9 Å². The monoisotopic (exact) mass is 648 g/mol. The maximum Gasteiger partial charge on any atom is 0.411 e. The van der Waals surface area contributed by atoms with Crippen molar-refractivity contribution in [2.24, 2.45) is 0 Å². The lowest BCUT2D eigenvalue weighted by atomic mass is 9.73. The van der Waals surface area contributed by atoms with E-state index in [1.807, 2.05) is 19.1 Å². The van der Waals surface area contributed by atoms with Crippen LogP contribution >= 0.6 is 0 Å². The highest BCUT2D eigenvalue weighted by Crippen LogP contribution is 2.56. The molecule has 0 radical (unpaired) electrons. The normalized spacial score (nSPS) is 12.0. The SMILES string of the molecule is COc1ccc(C(c2ccc(Oc3ccc(C(=O)c4cccc(C(=O)c5ccc(C)cc5)c4)cc3)cc2)(C(F)(F)F)C(F)(F)F)cc1. The number of halogens is 6. The Bertz CT molecular complexity index is 1860. The van der Waals surface area contributed by atoms with Gasteiger partial charge >= 0.3 is 12.4 Å². The molecule has 0 saturated heterocycles. The first-order chi connectivity index (χ1) is 22.2. The first-order valence-electron chi connectivity index (χ1n) is 14.2. The number of ketones is 2. The lowest BCUT2D eigenvalue weighted by Gasteiger charge is -2.38. The van der Waals surface area contributed by atoms with E-state index in [0.717, 1.165) is 54.1 Å². The van der Waals surface area contributed by atoms with Crippen molar-refractivity contribution < 1.29 is 45.4 Å². The van der Waals surface area contributed by atoms with Crippen LogP contribution in [-0.2, 0) is 5.41 Å². The molecule has 0 N–H and O–H groups in total. The average Bonchev–Trinajstić information content (AvgIpc) is 3.05. The van der Waals surface area contributed by atoms with E-state index in [0.29, 0.717) is 11.1 Å². The summed E-state index contributed by atoms with van der Waals surface area (Å²) in [5.74, 6) is -0.339. The number of aryl methyl sites for hydroxylation is 1. The highest BCUT2D eigenvalue weighted by atomic mass is 19.4. The minimum Gasteiger partial charge on any atom is -0.497 e. The molecule has 10 heteroatoms. The standard InChI is InChI=1S/C37H26F6O4/c1-23-6-8-24(9-7-23)33(44)26-4-3-5-27(22-26)34(45)25-10-16-31(17-11-25)47-32-20-14-29(15-21-32)35(36(38,39)40,37(41,42)43)28-12-18-30(46-2)19-13-28/h3-22H,1-2H3. The summed E-state index contributed by atoms with van der Waals surface area (Å²) >= 11 is 0. The van der Waals surface area contributed by atoms with Crippen molar-refractivity contribution in [1.82, 2.24) is 0 Å². The van der Waals surface area contributed by atoms with Gasteiger partial charge in [-0.15, -0.1) is 0 Å². The summed E-state index contributed by atoms with van der Waals surface area (Å²) in [6, 6.07) is 26.2. The minimum atomic E-state index is -5.74. The Morgan fingerprint density at radius 2 is 0.894 bits per heavy atom. The highest BCUT2D eigenvalue weighted by molar-refractivity contribution is 6.13. The summed E-state index contributed by atoms with van der Waals surface area (Å²) < 4.78 is 97.1. The van der Waals surface area contributed by atoms with Crippen LogP contribution in [-0.4, -0.2) is 31.0 Å². The third-order valence-corrected chi connectivity index (χ3v) is 7.71. The lowest BCUT2D eigenvalue weighted by Crippen LogP contribution is -2.54. The van der Waals surface area contributed by atoms with Crippen molar-refractivity contribution in [3.05, 3.63) is 160 Å². The molecular formula is C37H26F6O4. The molecule has 0 bridgehead atoms. The van der Waals surface area contributed by atoms with Crippen molar-refractivity contribution in [3.63, 3.8) is 0 Å². The fourth-order valence-corrected chi connectivity index (χ4v) is 5.25. The number of hydrogen-bond donors (Lipinski definition) is 0. The van der Waals surface area contributed by atoms with E-state index >= 15 is 0 Å². The minimum absolute atomic E-state index is 0.0249. The quantitative estimate of drug-likeness (QED) is 0.118. The van der Waals surface area contributed by atoms with Crippen LogP contribution in [0.3, 0.4) is 0 Å². The third kappa shape index (κ3) is 6.49. The third-order valence-electron chi connectivity index (χ3n) is 7.71. The number of carbonyl (C=O) groups is 2. The van der Waals surface area contributed by atoms with Gasteiger partial charge in [-0.2, -0.15) is 26.3 Å². The molecule has 0 aliphatic rings. The fourth-order valence-electron chi connectivity index (χ4n) is 5.25. The number of rotatable bonds is 9. The zero-order chi connectivity index (χ0) is 34.0. The number of benzene rings is 5. The van der Waals surface area contributed by atoms with E-state index in [1.165, 1.54) is 37.4 Å². The summed E-state index contributed by atoms with van der Waals surface area (Å²) in [5.41, 5.74) is -3.99. The second-order valence-electron chi connectivity index (χ2n) is 10.7. The molecule has 0 amide bonds.